The van der Waals surface area contributed by atoms with E-state index in [1.54, 1.807) is 0 Å². The molecule has 4 heteroatoms. The van der Waals surface area contributed by atoms with Crippen molar-refractivity contribution in [2.24, 2.45) is 5.41 Å². The van der Waals surface area contributed by atoms with Crippen molar-refractivity contribution in [2.75, 3.05) is 27.2 Å². The van der Waals surface area contributed by atoms with E-state index in [4.69, 9.17) is 12.2 Å². The molecule has 0 aromatic rings. The first-order valence-electron chi connectivity index (χ1n) is 6.58. The van der Waals surface area contributed by atoms with Crippen LogP contribution in [0.3, 0.4) is 0 Å². The highest BCUT2D eigenvalue weighted by Gasteiger charge is 2.20. The molecule has 0 amide bonds. The molecule has 17 heavy (non-hydrogen) atoms. The van der Waals surface area contributed by atoms with Gasteiger partial charge in [0.1, 0.15) is 0 Å². The van der Waals surface area contributed by atoms with Crippen molar-refractivity contribution in [2.45, 2.75) is 45.6 Å². The lowest BCUT2D eigenvalue weighted by atomic mass is 9.93. The fraction of sp³-hybridized carbons (Fsp3) is 0.923. The molecule has 0 heterocycles. The second-order valence-electron chi connectivity index (χ2n) is 6.21. The van der Waals surface area contributed by atoms with E-state index in [9.17, 15) is 0 Å². The molecular weight excluding hydrogens is 230 g/mol. The van der Waals surface area contributed by atoms with Gasteiger partial charge in [0.15, 0.2) is 5.11 Å². The van der Waals surface area contributed by atoms with Crippen molar-refractivity contribution in [3.63, 3.8) is 0 Å². The lowest BCUT2D eigenvalue weighted by Gasteiger charge is -2.29. The van der Waals surface area contributed by atoms with Crippen LogP contribution in [0.2, 0.25) is 0 Å². The molecule has 100 valence electrons. The number of hydrogen-bond acceptors (Lipinski definition) is 2. The quantitative estimate of drug-likeness (QED) is 0.737. The lowest BCUT2D eigenvalue weighted by molar-refractivity contribution is 0.241. The summed E-state index contributed by atoms with van der Waals surface area (Å²) < 4.78 is 0. The maximum absolute atomic E-state index is 5.34. The maximum Gasteiger partial charge on any atom is 0.166 e. The van der Waals surface area contributed by atoms with Crippen LogP contribution in [0, 0.1) is 5.41 Å². The van der Waals surface area contributed by atoms with Crippen molar-refractivity contribution >= 4 is 17.3 Å². The van der Waals surface area contributed by atoms with E-state index in [1.807, 2.05) is 0 Å². The second kappa shape index (κ2) is 6.55. The molecule has 0 aromatic heterocycles. The third-order valence-corrected chi connectivity index (χ3v) is 3.42. The van der Waals surface area contributed by atoms with Gasteiger partial charge in [0, 0.05) is 19.1 Å². The van der Waals surface area contributed by atoms with E-state index in [0.717, 1.165) is 18.2 Å². The summed E-state index contributed by atoms with van der Waals surface area (Å²) in [5.74, 6) is 0. The SMILES string of the molecule is CN(C)CC(C)(C)CNC(=S)NC1CCCC1. The average Bonchev–Trinajstić information content (AvgIpc) is 2.65. The van der Waals surface area contributed by atoms with Crippen LogP contribution in [0.25, 0.3) is 0 Å². The van der Waals surface area contributed by atoms with Gasteiger partial charge < -0.3 is 15.5 Å². The molecule has 0 atom stereocenters. The predicted octanol–water partition coefficient (Wildman–Crippen LogP) is 1.98. The highest BCUT2D eigenvalue weighted by atomic mass is 32.1. The van der Waals surface area contributed by atoms with Gasteiger partial charge >= 0.3 is 0 Å². The Kier molecular flexibility index (Phi) is 5.67. The summed E-state index contributed by atoms with van der Waals surface area (Å²) in [4.78, 5) is 2.22. The minimum Gasteiger partial charge on any atom is -0.362 e. The van der Waals surface area contributed by atoms with E-state index in [1.165, 1.54) is 25.7 Å². The first-order chi connectivity index (χ1) is 7.89. The van der Waals surface area contributed by atoms with Crippen LogP contribution in [-0.2, 0) is 0 Å². The Morgan fingerprint density at radius 2 is 1.88 bits per heavy atom. The molecule has 1 aliphatic carbocycles. The molecule has 0 bridgehead atoms. The summed E-state index contributed by atoms with van der Waals surface area (Å²) in [5, 5.41) is 7.58. The molecule has 0 aromatic carbocycles. The summed E-state index contributed by atoms with van der Waals surface area (Å²) in [5.41, 5.74) is 0.241. The minimum atomic E-state index is 0.241. The van der Waals surface area contributed by atoms with E-state index in [0.29, 0.717) is 6.04 Å². The van der Waals surface area contributed by atoms with Crippen molar-refractivity contribution in [1.29, 1.82) is 0 Å². The molecule has 0 aliphatic heterocycles. The summed E-state index contributed by atoms with van der Waals surface area (Å²) in [6, 6.07) is 0.604. The normalized spacial score (nSPS) is 17.5. The Hall–Kier alpha value is -0.350. The van der Waals surface area contributed by atoms with E-state index in [-0.39, 0.29) is 5.41 Å². The summed E-state index contributed by atoms with van der Waals surface area (Å²) in [6.45, 7) is 6.51. The Morgan fingerprint density at radius 1 is 1.29 bits per heavy atom. The Balaban J connectivity index is 2.22. The molecule has 1 fully saturated rings. The Morgan fingerprint density at radius 3 is 2.41 bits per heavy atom. The standard InChI is InChI=1S/C13H27N3S/c1-13(2,10-16(3)4)9-14-12(17)15-11-7-5-6-8-11/h11H,5-10H2,1-4H3,(H2,14,15,17). The van der Waals surface area contributed by atoms with Gasteiger partial charge in [-0.1, -0.05) is 26.7 Å². The molecule has 2 N–H and O–H groups in total. The summed E-state index contributed by atoms with van der Waals surface area (Å²) in [6.07, 6.45) is 5.21. The second-order valence-corrected chi connectivity index (χ2v) is 6.62. The van der Waals surface area contributed by atoms with Crippen LogP contribution < -0.4 is 10.6 Å². The average molecular weight is 257 g/mol. The van der Waals surface area contributed by atoms with Crippen molar-refractivity contribution in [1.82, 2.24) is 15.5 Å². The van der Waals surface area contributed by atoms with Gasteiger partial charge in [-0.2, -0.15) is 0 Å². The zero-order chi connectivity index (χ0) is 12.9. The fourth-order valence-electron chi connectivity index (χ4n) is 2.54. The smallest absolute Gasteiger partial charge is 0.166 e. The number of thiocarbonyl (C=S) groups is 1. The monoisotopic (exact) mass is 257 g/mol. The van der Waals surface area contributed by atoms with Crippen molar-refractivity contribution in [3.8, 4) is 0 Å². The summed E-state index contributed by atoms with van der Waals surface area (Å²) >= 11 is 5.34. The fourth-order valence-corrected chi connectivity index (χ4v) is 2.78. The maximum atomic E-state index is 5.34. The van der Waals surface area contributed by atoms with Crippen LogP contribution in [0.4, 0.5) is 0 Å². The number of rotatable bonds is 5. The molecule has 1 saturated carbocycles. The molecule has 0 saturated heterocycles. The number of hydrogen-bond donors (Lipinski definition) is 2. The van der Waals surface area contributed by atoms with Crippen LogP contribution in [0.15, 0.2) is 0 Å². The topological polar surface area (TPSA) is 27.3 Å². The van der Waals surface area contributed by atoms with Gasteiger partial charge in [0.25, 0.3) is 0 Å². The molecule has 0 unspecified atom stereocenters. The van der Waals surface area contributed by atoms with Gasteiger partial charge in [0.05, 0.1) is 0 Å². The molecule has 0 radical (unpaired) electrons. The van der Waals surface area contributed by atoms with E-state index >= 15 is 0 Å². The third kappa shape index (κ3) is 6.22. The van der Waals surface area contributed by atoms with Gasteiger partial charge in [-0.25, -0.2) is 0 Å². The molecule has 1 aliphatic rings. The Labute approximate surface area is 111 Å². The van der Waals surface area contributed by atoms with Crippen molar-refractivity contribution < 1.29 is 0 Å². The molecule has 1 rings (SSSR count). The van der Waals surface area contributed by atoms with Gasteiger partial charge in [0.2, 0.25) is 0 Å². The van der Waals surface area contributed by atoms with E-state index < -0.39 is 0 Å². The zero-order valence-electron chi connectivity index (χ0n) is 11.7. The molecular formula is C13H27N3S. The largest absolute Gasteiger partial charge is 0.362 e. The highest BCUT2D eigenvalue weighted by molar-refractivity contribution is 7.80. The highest BCUT2D eigenvalue weighted by Crippen LogP contribution is 2.17. The van der Waals surface area contributed by atoms with Crippen molar-refractivity contribution in [3.05, 3.63) is 0 Å². The third-order valence-electron chi connectivity index (χ3n) is 3.16. The van der Waals surface area contributed by atoms with Crippen LogP contribution in [0.5, 0.6) is 0 Å². The van der Waals surface area contributed by atoms with Gasteiger partial charge in [-0.3, -0.25) is 0 Å². The Bertz CT molecular complexity index is 245. The zero-order valence-corrected chi connectivity index (χ0v) is 12.5. The van der Waals surface area contributed by atoms with Gasteiger partial charge in [-0.15, -0.1) is 0 Å². The summed E-state index contributed by atoms with van der Waals surface area (Å²) in [7, 11) is 4.22. The first-order valence-corrected chi connectivity index (χ1v) is 6.99. The lowest BCUT2D eigenvalue weighted by Crippen LogP contribution is -2.46. The van der Waals surface area contributed by atoms with Crippen LogP contribution in [-0.4, -0.2) is 43.2 Å². The number of nitrogens with one attached hydrogen (secondary N) is 2. The first kappa shape index (κ1) is 14.7. The molecule has 3 nitrogen and oxygen atoms in total. The predicted molar refractivity (Wildman–Crippen MR) is 78.3 cm³/mol. The van der Waals surface area contributed by atoms with Crippen LogP contribution >= 0.6 is 12.2 Å². The minimum absolute atomic E-state index is 0.241. The van der Waals surface area contributed by atoms with E-state index in [2.05, 4.69) is 43.5 Å². The molecule has 0 spiro atoms. The van der Waals surface area contributed by atoms with Crippen LogP contribution in [0.1, 0.15) is 39.5 Å². The number of nitrogens with zero attached hydrogens (tertiary/aromatic N) is 1. The van der Waals surface area contributed by atoms with Gasteiger partial charge in [-0.05, 0) is 44.6 Å².